The zero-order chi connectivity index (χ0) is 16.4. The maximum Gasteiger partial charge on any atom is 0.322 e. The number of carbonyl (C=O) groups is 1. The normalized spacial score (nSPS) is 20.7. The molecule has 122 valence electrons. The molecule has 1 aromatic heterocycles. The van der Waals surface area contributed by atoms with Crippen LogP contribution in [0.5, 0.6) is 0 Å². The van der Waals surface area contributed by atoms with Gasteiger partial charge >= 0.3 is 6.03 Å². The number of nitrogens with one attached hydrogen (secondary N) is 1. The lowest BCUT2D eigenvalue weighted by Gasteiger charge is -2.28. The number of nitrogen functional groups attached to an aromatic ring is 1. The molecule has 2 unspecified atom stereocenters. The monoisotopic (exact) mass is 329 g/mol. The topological polar surface area (TPSA) is 58.4 Å². The number of rotatable bonds is 3. The van der Waals surface area contributed by atoms with Crippen molar-refractivity contribution >= 4 is 28.7 Å². The summed E-state index contributed by atoms with van der Waals surface area (Å²) in [6.45, 7) is 4.25. The van der Waals surface area contributed by atoms with E-state index in [0.29, 0.717) is 17.4 Å². The molecule has 3 N–H and O–H groups in total. The highest BCUT2D eigenvalue weighted by molar-refractivity contribution is 7.13. The van der Waals surface area contributed by atoms with Crippen molar-refractivity contribution in [1.82, 2.24) is 4.90 Å². The molecule has 1 aromatic carbocycles. The first-order chi connectivity index (χ1) is 11.1. The number of nitrogens with zero attached hydrogens (tertiary/aromatic N) is 1. The van der Waals surface area contributed by atoms with Crippen LogP contribution in [0.1, 0.15) is 33.1 Å². The summed E-state index contributed by atoms with van der Waals surface area (Å²) >= 11 is 1.68. The predicted molar refractivity (Wildman–Crippen MR) is 97.8 cm³/mol. The lowest BCUT2D eigenvalue weighted by molar-refractivity contribution is 0.188. The summed E-state index contributed by atoms with van der Waals surface area (Å²) in [5.41, 5.74) is 8.42. The summed E-state index contributed by atoms with van der Waals surface area (Å²) in [4.78, 5) is 15.8. The molecule has 2 aromatic rings. The molecule has 0 aliphatic carbocycles. The van der Waals surface area contributed by atoms with Gasteiger partial charge in [0.05, 0.1) is 11.4 Å². The number of carbonyl (C=O) groups excluding carboxylic acids is 1. The molecule has 1 aliphatic rings. The van der Waals surface area contributed by atoms with Crippen molar-refractivity contribution in [3.63, 3.8) is 0 Å². The van der Waals surface area contributed by atoms with Gasteiger partial charge in [-0.25, -0.2) is 4.79 Å². The third-order valence-electron chi connectivity index (χ3n) is 4.59. The van der Waals surface area contributed by atoms with Gasteiger partial charge in [0.1, 0.15) is 0 Å². The Kier molecular flexibility index (Phi) is 4.57. The maximum absolute atomic E-state index is 12.7. The van der Waals surface area contributed by atoms with Crippen LogP contribution in [0.25, 0.3) is 10.4 Å². The Morgan fingerprint density at radius 2 is 2.22 bits per heavy atom. The number of thiophene rings is 1. The highest BCUT2D eigenvalue weighted by Gasteiger charge is 2.33. The second-order valence-corrected chi connectivity index (χ2v) is 7.05. The summed E-state index contributed by atoms with van der Waals surface area (Å²) in [6, 6.07) is 10.5. The van der Waals surface area contributed by atoms with Gasteiger partial charge < -0.3 is 16.0 Å². The van der Waals surface area contributed by atoms with E-state index >= 15 is 0 Å². The Hall–Kier alpha value is -2.01. The second kappa shape index (κ2) is 6.62. The van der Waals surface area contributed by atoms with E-state index in [9.17, 15) is 4.79 Å². The van der Waals surface area contributed by atoms with Gasteiger partial charge in [-0.15, -0.1) is 11.3 Å². The van der Waals surface area contributed by atoms with Crippen LogP contribution in [0.3, 0.4) is 0 Å². The van der Waals surface area contributed by atoms with Crippen molar-refractivity contribution in [2.24, 2.45) is 0 Å². The van der Waals surface area contributed by atoms with Crippen molar-refractivity contribution in [2.75, 3.05) is 11.1 Å². The van der Waals surface area contributed by atoms with Crippen LogP contribution in [-0.2, 0) is 0 Å². The van der Waals surface area contributed by atoms with Crippen LogP contribution >= 0.6 is 11.3 Å². The molecule has 2 amide bonds. The average Bonchev–Trinajstić information content (AvgIpc) is 3.18. The average molecular weight is 329 g/mol. The van der Waals surface area contributed by atoms with Gasteiger partial charge in [-0.2, -0.15) is 0 Å². The van der Waals surface area contributed by atoms with Crippen LogP contribution in [0.2, 0.25) is 0 Å². The predicted octanol–water partition coefficient (Wildman–Crippen LogP) is 4.79. The summed E-state index contributed by atoms with van der Waals surface area (Å²) in [6.07, 6.45) is 3.13. The van der Waals surface area contributed by atoms with Crippen LogP contribution < -0.4 is 11.1 Å². The lowest BCUT2D eigenvalue weighted by Crippen LogP contribution is -2.42. The first-order valence-electron chi connectivity index (χ1n) is 8.13. The van der Waals surface area contributed by atoms with E-state index in [1.807, 2.05) is 34.5 Å². The Morgan fingerprint density at radius 3 is 2.91 bits per heavy atom. The van der Waals surface area contributed by atoms with E-state index in [0.717, 1.165) is 24.8 Å². The minimum absolute atomic E-state index is 0.0446. The first-order valence-corrected chi connectivity index (χ1v) is 9.00. The van der Waals surface area contributed by atoms with Gasteiger partial charge in [0.2, 0.25) is 0 Å². The highest BCUT2D eigenvalue weighted by atomic mass is 32.1. The molecule has 0 spiro atoms. The van der Waals surface area contributed by atoms with Crippen molar-refractivity contribution in [1.29, 1.82) is 0 Å². The van der Waals surface area contributed by atoms with Crippen LogP contribution in [0.4, 0.5) is 16.2 Å². The van der Waals surface area contributed by atoms with Gasteiger partial charge in [-0.3, -0.25) is 0 Å². The molecule has 23 heavy (non-hydrogen) atoms. The number of hydrogen-bond donors (Lipinski definition) is 2. The fourth-order valence-corrected chi connectivity index (χ4v) is 4.00. The number of hydrogen-bond acceptors (Lipinski definition) is 3. The van der Waals surface area contributed by atoms with Gasteiger partial charge in [-0.05, 0) is 55.3 Å². The van der Waals surface area contributed by atoms with Crippen molar-refractivity contribution in [3.8, 4) is 10.4 Å². The number of anilines is 2. The van der Waals surface area contributed by atoms with Gasteiger partial charge in [0, 0.05) is 17.0 Å². The van der Waals surface area contributed by atoms with E-state index in [-0.39, 0.29) is 12.1 Å². The molecule has 4 nitrogen and oxygen atoms in total. The summed E-state index contributed by atoms with van der Waals surface area (Å²) in [5.74, 6) is 0. The molecule has 1 saturated heterocycles. The van der Waals surface area contributed by atoms with Gasteiger partial charge in [-0.1, -0.05) is 19.1 Å². The molecule has 2 atom stereocenters. The number of likely N-dealkylation sites (tertiary alicyclic amines) is 1. The van der Waals surface area contributed by atoms with Crippen LogP contribution in [0, 0.1) is 0 Å². The first kappa shape index (κ1) is 15.9. The van der Waals surface area contributed by atoms with E-state index in [1.54, 1.807) is 11.3 Å². The molecule has 1 fully saturated rings. The van der Waals surface area contributed by atoms with Crippen LogP contribution in [-0.4, -0.2) is 23.0 Å². The molecule has 0 bridgehead atoms. The number of nitrogens with two attached hydrogens (primary N) is 1. The Labute approximate surface area is 141 Å². The minimum Gasteiger partial charge on any atom is -0.397 e. The van der Waals surface area contributed by atoms with E-state index < -0.39 is 0 Å². The standard InChI is InChI=1S/C18H23N3OS/c1-3-14-8-6-12(2)21(14)18(22)20-16-11-13(7-9-15(16)19)17-5-4-10-23-17/h4-5,7,9-12,14H,3,6,8,19H2,1-2H3,(H,20,22). The fourth-order valence-electron chi connectivity index (χ4n) is 3.28. The van der Waals surface area contributed by atoms with Gasteiger partial charge in [0.25, 0.3) is 0 Å². The molecule has 3 rings (SSSR count). The quantitative estimate of drug-likeness (QED) is 0.795. The second-order valence-electron chi connectivity index (χ2n) is 6.11. The molecule has 0 radical (unpaired) electrons. The molecular weight excluding hydrogens is 306 g/mol. The Bertz CT molecular complexity index is 684. The molecule has 2 heterocycles. The number of benzene rings is 1. The zero-order valence-electron chi connectivity index (χ0n) is 13.6. The number of urea groups is 1. The van der Waals surface area contributed by atoms with Crippen molar-refractivity contribution in [3.05, 3.63) is 35.7 Å². The molecule has 5 heteroatoms. The molecule has 1 aliphatic heterocycles. The minimum atomic E-state index is -0.0446. The highest BCUT2D eigenvalue weighted by Crippen LogP contribution is 2.32. The van der Waals surface area contributed by atoms with Crippen molar-refractivity contribution in [2.45, 2.75) is 45.2 Å². The fraction of sp³-hybridized carbons (Fsp3) is 0.389. The largest absolute Gasteiger partial charge is 0.397 e. The summed E-state index contributed by atoms with van der Waals surface area (Å²) < 4.78 is 0. The molecular formula is C18H23N3OS. The maximum atomic E-state index is 12.7. The van der Waals surface area contributed by atoms with Gasteiger partial charge in [0.15, 0.2) is 0 Å². The number of amides is 2. The third-order valence-corrected chi connectivity index (χ3v) is 5.51. The Morgan fingerprint density at radius 1 is 1.39 bits per heavy atom. The van der Waals surface area contributed by atoms with E-state index in [2.05, 4.69) is 25.2 Å². The van der Waals surface area contributed by atoms with E-state index in [1.165, 1.54) is 4.88 Å². The van der Waals surface area contributed by atoms with Crippen molar-refractivity contribution < 1.29 is 4.79 Å². The lowest BCUT2D eigenvalue weighted by atomic mass is 10.1. The Balaban J connectivity index is 1.82. The molecule has 0 saturated carbocycles. The smallest absolute Gasteiger partial charge is 0.322 e. The van der Waals surface area contributed by atoms with E-state index in [4.69, 9.17) is 5.73 Å². The summed E-state index contributed by atoms with van der Waals surface area (Å²) in [5, 5.41) is 5.06. The van der Waals surface area contributed by atoms with Crippen LogP contribution in [0.15, 0.2) is 35.7 Å². The zero-order valence-corrected chi connectivity index (χ0v) is 14.4. The third kappa shape index (κ3) is 3.20. The SMILES string of the molecule is CCC1CCC(C)N1C(=O)Nc1cc(-c2cccs2)ccc1N. The summed E-state index contributed by atoms with van der Waals surface area (Å²) in [7, 11) is 0.